The zero-order valence-electron chi connectivity index (χ0n) is 9.38. The highest BCUT2D eigenvalue weighted by molar-refractivity contribution is 5.73. The maximum absolute atomic E-state index is 10.8. The quantitative estimate of drug-likeness (QED) is 0.512. The molecule has 0 aromatic carbocycles. The molecule has 88 valence electrons. The molecular weight excluding hydrogens is 196 g/mol. The molecule has 5 heteroatoms. The molecule has 0 heterocycles. The summed E-state index contributed by atoms with van der Waals surface area (Å²) < 4.78 is 0. The average Bonchev–Trinajstić information content (AvgIpc) is 2.15. The van der Waals surface area contributed by atoms with E-state index < -0.39 is 12.0 Å². The van der Waals surface area contributed by atoms with Crippen LogP contribution in [-0.4, -0.2) is 36.1 Å². The first kappa shape index (κ1) is 13.9. The summed E-state index contributed by atoms with van der Waals surface area (Å²) in [4.78, 5) is 21.3. The molecule has 0 aliphatic carbocycles. The number of carboxylic acids is 1. The second-order valence-corrected chi connectivity index (χ2v) is 3.47. The van der Waals surface area contributed by atoms with Gasteiger partial charge in [-0.1, -0.05) is 19.8 Å². The van der Waals surface area contributed by atoms with Gasteiger partial charge in [0.15, 0.2) is 0 Å². The smallest absolute Gasteiger partial charge is 0.320 e. The van der Waals surface area contributed by atoms with Gasteiger partial charge in [0.1, 0.15) is 6.04 Å². The minimum atomic E-state index is -0.828. The van der Waals surface area contributed by atoms with E-state index in [9.17, 15) is 9.59 Å². The normalized spacial score (nSPS) is 12.1. The van der Waals surface area contributed by atoms with Crippen molar-refractivity contribution in [2.45, 2.75) is 39.2 Å². The van der Waals surface area contributed by atoms with Crippen LogP contribution in [0.4, 0.5) is 0 Å². The predicted molar refractivity (Wildman–Crippen MR) is 57.6 cm³/mol. The number of carbonyl (C=O) groups is 2. The van der Waals surface area contributed by atoms with Crippen molar-refractivity contribution in [2.75, 3.05) is 13.1 Å². The fraction of sp³-hybridized carbons (Fsp3) is 0.800. The standard InChI is InChI=1S/C10H20N2O3/c1-3-4-5-9(10(14)15)12-7-6-11-8(2)13/h9,12H,3-7H2,1-2H3,(H,11,13)(H,14,15). The van der Waals surface area contributed by atoms with Gasteiger partial charge in [-0.2, -0.15) is 0 Å². The van der Waals surface area contributed by atoms with Crippen LogP contribution in [0.25, 0.3) is 0 Å². The van der Waals surface area contributed by atoms with Gasteiger partial charge in [0.25, 0.3) is 0 Å². The number of carboxylic acid groups (broad SMARTS) is 1. The molecule has 0 aromatic rings. The molecule has 0 fully saturated rings. The van der Waals surface area contributed by atoms with Crippen LogP contribution >= 0.6 is 0 Å². The van der Waals surface area contributed by atoms with Gasteiger partial charge in [0.05, 0.1) is 0 Å². The van der Waals surface area contributed by atoms with Crippen molar-refractivity contribution < 1.29 is 14.7 Å². The third kappa shape index (κ3) is 7.93. The summed E-state index contributed by atoms with van der Waals surface area (Å²) >= 11 is 0. The van der Waals surface area contributed by atoms with Gasteiger partial charge < -0.3 is 15.7 Å². The van der Waals surface area contributed by atoms with E-state index in [1.165, 1.54) is 6.92 Å². The Balaban J connectivity index is 3.66. The third-order valence-corrected chi connectivity index (χ3v) is 2.03. The number of hydrogen-bond donors (Lipinski definition) is 3. The van der Waals surface area contributed by atoms with Crippen LogP contribution < -0.4 is 10.6 Å². The molecule has 0 aliphatic rings. The molecule has 0 aliphatic heterocycles. The highest BCUT2D eigenvalue weighted by atomic mass is 16.4. The molecule has 0 spiro atoms. The highest BCUT2D eigenvalue weighted by Crippen LogP contribution is 2.00. The fourth-order valence-corrected chi connectivity index (χ4v) is 1.21. The minimum Gasteiger partial charge on any atom is -0.480 e. The summed E-state index contributed by atoms with van der Waals surface area (Å²) in [5.74, 6) is -0.927. The van der Waals surface area contributed by atoms with Gasteiger partial charge in [-0.15, -0.1) is 0 Å². The lowest BCUT2D eigenvalue weighted by Gasteiger charge is -2.13. The molecule has 0 rings (SSSR count). The van der Waals surface area contributed by atoms with Crippen LogP contribution in [0.1, 0.15) is 33.1 Å². The van der Waals surface area contributed by atoms with Crippen LogP contribution in [0.5, 0.6) is 0 Å². The summed E-state index contributed by atoms with van der Waals surface area (Å²) in [5, 5.41) is 14.4. The monoisotopic (exact) mass is 216 g/mol. The first-order valence-corrected chi connectivity index (χ1v) is 5.28. The first-order valence-electron chi connectivity index (χ1n) is 5.28. The van der Waals surface area contributed by atoms with E-state index in [1.54, 1.807) is 0 Å². The van der Waals surface area contributed by atoms with Gasteiger partial charge in [0.2, 0.25) is 5.91 Å². The third-order valence-electron chi connectivity index (χ3n) is 2.03. The summed E-state index contributed by atoms with van der Waals surface area (Å²) in [6.07, 6.45) is 2.51. The molecular formula is C10H20N2O3. The Hall–Kier alpha value is -1.10. The summed E-state index contributed by atoms with van der Waals surface area (Å²) in [5.41, 5.74) is 0. The number of unbranched alkanes of at least 4 members (excludes halogenated alkanes) is 1. The molecule has 0 saturated carbocycles. The minimum absolute atomic E-state index is 0.0998. The molecule has 1 unspecified atom stereocenters. The van der Waals surface area contributed by atoms with E-state index in [0.29, 0.717) is 19.5 Å². The lowest BCUT2D eigenvalue weighted by atomic mass is 10.1. The van der Waals surface area contributed by atoms with Crippen molar-refractivity contribution in [3.05, 3.63) is 0 Å². The molecule has 0 aromatic heterocycles. The second-order valence-electron chi connectivity index (χ2n) is 3.47. The van der Waals surface area contributed by atoms with E-state index in [4.69, 9.17) is 5.11 Å². The Morgan fingerprint density at radius 3 is 2.47 bits per heavy atom. The Morgan fingerprint density at radius 2 is 2.00 bits per heavy atom. The number of nitrogens with one attached hydrogen (secondary N) is 2. The molecule has 15 heavy (non-hydrogen) atoms. The van der Waals surface area contributed by atoms with Gasteiger partial charge in [0, 0.05) is 20.0 Å². The SMILES string of the molecule is CCCCC(NCCNC(C)=O)C(=O)O. The van der Waals surface area contributed by atoms with Crippen molar-refractivity contribution in [1.29, 1.82) is 0 Å². The Kier molecular flexibility index (Phi) is 7.62. The van der Waals surface area contributed by atoms with E-state index >= 15 is 0 Å². The molecule has 0 radical (unpaired) electrons. The number of amides is 1. The molecule has 1 atom stereocenters. The van der Waals surface area contributed by atoms with Crippen molar-refractivity contribution in [3.63, 3.8) is 0 Å². The Morgan fingerprint density at radius 1 is 1.33 bits per heavy atom. The van der Waals surface area contributed by atoms with Crippen molar-refractivity contribution in [1.82, 2.24) is 10.6 Å². The molecule has 3 N–H and O–H groups in total. The number of carbonyl (C=O) groups excluding carboxylic acids is 1. The highest BCUT2D eigenvalue weighted by Gasteiger charge is 2.14. The Bertz CT molecular complexity index is 207. The second kappa shape index (κ2) is 8.23. The van der Waals surface area contributed by atoms with E-state index in [-0.39, 0.29) is 5.91 Å². The van der Waals surface area contributed by atoms with Gasteiger partial charge in [-0.05, 0) is 6.42 Å². The lowest BCUT2D eigenvalue weighted by molar-refractivity contribution is -0.139. The van der Waals surface area contributed by atoms with Crippen LogP contribution in [0.15, 0.2) is 0 Å². The topological polar surface area (TPSA) is 78.4 Å². The lowest BCUT2D eigenvalue weighted by Crippen LogP contribution is -2.41. The molecule has 1 amide bonds. The number of aliphatic carboxylic acids is 1. The van der Waals surface area contributed by atoms with Crippen molar-refractivity contribution in [2.24, 2.45) is 0 Å². The number of hydrogen-bond acceptors (Lipinski definition) is 3. The van der Waals surface area contributed by atoms with Crippen LogP contribution in [0.2, 0.25) is 0 Å². The molecule has 5 nitrogen and oxygen atoms in total. The number of rotatable bonds is 8. The van der Waals surface area contributed by atoms with Crippen molar-refractivity contribution >= 4 is 11.9 Å². The largest absolute Gasteiger partial charge is 0.480 e. The summed E-state index contributed by atoms with van der Waals surface area (Å²) in [6.45, 7) is 4.41. The van der Waals surface area contributed by atoms with Crippen LogP contribution in [0, 0.1) is 0 Å². The van der Waals surface area contributed by atoms with E-state index in [1.807, 2.05) is 6.92 Å². The average molecular weight is 216 g/mol. The maximum Gasteiger partial charge on any atom is 0.320 e. The fourth-order valence-electron chi connectivity index (χ4n) is 1.21. The zero-order chi connectivity index (χ0) is 11.7. The maximum atomic E-state index is 10.8. The zero-order valence-corrected chi connectivity index (χ0v) is 9.38. The molecule has 0 bridgehead atoms. The predicted octanol–water partition coefficient (Wildman–Crippen LogP) is 0.356. The first-order chi connectivity index (χ1) is 7.07. The van der Waals surface area contributed by atoms with Gasteiger partial charge in [-0.25, -0.2) is 0 Å². The van der Waals surface area contributed by atoms with Crippen molar-refractivity contribution in [3.8, 4) is 0 Å². The van der Waals surface area contributed by atoms with E-state index in [2.05, 4.69) is 10.6 Å². The van der Waals surface area contributed by atoms with E-state index in [0.717, 1.165) is 12.8 Å². The van der Waals surface area contributed by atoms with Gasteiger partial charge >= 0.3 is 5.97 Å². The van der Waals surface area contributed by atoms with Crippen LogP contribution in [0.3, 0.4) is 0 Å². The summed E-state index contributed by atoms with van der Waals surface area (Å²) in [7, 11) is 0. The molecule has 0 saturated heterocycles. The summed E-state index contributed by atoms with van der Waals surface area (Å²) in [6, 6.07) is -0.501. The Labute approximate surface area is 90.2 Å². The van der Waals surface area contributed by atoms with Crippen LogP contribution in [-0.2, 0) is 9.59 Å². The van der Waals surface area contributed by atoms with Gasteiger partial charge in [-0.3, -0.25) is 9.59 Å².